The second-order valence-corrected chi connectivity index (χ2v) is 3.67. The largest absolute Gasteiger partial charge is 0.394 e. The third kappa shape index (κ3) is 83.9. The van der Waals surface area contributed by atoms with Gasteiger partial charge in [-0.05, 0) is 0 Å². The molecule has 0 heterocycles. The van der Waals surface area contributed by atoms with E-state index in [1.165, 1.54) is 10.9 Å². The number of nitrogens with zero attached hydrogens (tertiary/aromatic N) is 2. The van der Waals surface area contributed by atoms with Crippen molar-refractivity contribution >= 4 is 46.0 Å². The molecule has 0 aromatic rings. The molecule has 0 aliphatic heterocycles. The van der Waals surface area contributed by atoms with Crippen LogP contribution in [0.5, 0.6) is 0 Å². The Labute approximate surface area is 116 Å². The smallest absolute Gasteiger partial charge is 0.274 e. The third-order valence-corrected chi connectivity index (χ3v) is 0.594. The summed E-state index contributed by atoms with van der Waals surface area (Å²) in [4.78, 5) is 18.6. The molecule has 0 atom stereocenters. The molecule has 0 bridgehead atoms. The number of hydrogen-bond donors (Lipinski definition) is 8. The Morgan fingerprint density at radius 3 is 1.16 bits per heavy atom. The van der Waals surface area contributed by atoms with Gasteiger partial charge < -0.3 is 0 Å². The molecule has 0 amide bonds. The maximum Gasteiger partial charge on any atom is 0.394 e. The molecule has 0 aromatic carbocycles. The molecule has 0 spiro atoms. The standard InChI is InChI=1S/2CH3N3O2S.H2O4S/c2*2-1(7)3-4(5)6;1-5(2,3)4/h2*(H3,2,3,7);(H2,1,2,3,4). The average Bonchev–Trinajstić information content (AvgIpc) is 1.93. The summed E-state index contributed by atoms with van der Waals surface area (Å²) in [7, 11) is -4.67. The maximum absolute atomic E-state index is 9.31. The van der Waals surface area contributed by atoms with Crippen LogP contribution in [0.4, 0.5) is 0 Å². The molecule has 19 heavy (non-hydrogen) atoms. The van der Waals surface area contributed by atoms with Crippen molar-refractivity contribution < 1.29 is 27.6 Å². The van der Waals surface area contributed by atoms with E-state index in [0.717, 1.165) is 0 Å². The highest BCUT2D eigenvalue weighted by Crippen LogP contribution is 1.69. The number of rotatable bonds is 2. The molecule has 0 aromatic heterocycles. The Bertz CT molecular complexity index is 374. The Balaban J connectivity index is -0.000000206. The molecule has 6 N–H and O–H groups in total. The van der Waals surface area contributed by atoms with Crippen molar-refractivity contribution in [2.75, 3.05) is 0 Å². The average molecular weight is 340 g/mol. The molecule has 112 valence electrons. The van der Waals surface area contributed by atoms with Crippen molar-refractivity contribution in [3.63, 3.8) is 0 Å². The number of hydrogen-bond acceptors (Lipinski definition) is 8. The van der Waals surface area contributed by atoms with Gasteiger partial charge in [0, 0.05) is 0 Å². The first kappa shape index (κ1) is 22.5. The first-order valence-electron chi connectivity index (χ1n) is 3.32. The zero-order valence-electron chi connectivity index (χ0n) is 8.54. The minimum Gasteiger partial charge on any atom is -0.274 e. The monoisotopic (exact) mass is 340 g/mol. The lowest BCUT2D eigenvalue weighted by atomic mass is 11.3. The maximum atomic E-state index is 9.31. The number of hydrazine groups is 2. The van der Waals surface area contributed by atoms with Gasteiger partial charge >= 0.3 is 10.4 Å². The van der Waals surface area contributed by atoms with E-state index in [1.807, 2.05) is 0 Å². The molecule has 0 aliphatic carbocycles. The summed E-state index contributed by atoms with van der Waals surface area (Å²) in [5.74, 6) is 0. The lowest BCUT2D eigenvalue weighted by Crippen LogP contribution is -2.23. The van der Waals surface area contributed by atoms with Crippen LogP contribution in [0.1, 0.15) is 0 Å². The zero-order chi connectivity index (χ0) is 16.2. The summed E-state index contributed by atoms with van der Waals surface area (Å²) in [5, 5.41) is 28.7. The van der Waals surface area contributed by atoms with Crippen molar-refractivity contribution in [2.24, 2.45) is 0 Å². The van der Waals surface area contributed by atoms with Crippen LogP contribution in [0, 0.1) is 31.0 Å². The topological polar surface area (TPSA) is 233 Å². The summed E-state index contributed by atoms with van der Waals surface area (Å²) in [6.07, 6.45) is 0. The molecule has 0 saturated carbocycles. The van der Waals surface area contributed by atoms with E-state index in [0.29, 0.717) is 0 Å². The van der Waals surface area contributed by atoms with Gasteiger partial charge in [0.15, 0.2) is 10.1 Å². The Hall–Kier alpha value is -1.69. The van der Waals surface area contributed by atoms with Crippen LogP contribution in [0.25, 0.3) is 0 Å². The molecular weight excluding hydrogens is 332 g/mol. The molecule has 0 unspecified atom stereocenters. The molecule has 0 rings (SSSR count). The quantitative estimate of drug-likeness (QED) is 0.0731. The van der Waals surface area contributed by atoms with Gasteiger partial charge in [-0.25, -0.2) is 20.2 Å². The first-order chi connectivity index (χ1) is 8.25. The highest BCUT2D eigenvalue weighted by Gasteiger charge is 1.92. The number of thiol groups is 2. The van der Waals surface area contributed by atoms with Gasteiger partial charge in [0.2, 0.25) is 10.3 Å². The van der Waals surface area contributed by atoms with E-state index in [9.17, 15) is 20.2 Å². The van der Waals surface area contributed by atoms with Crippen LogP contribution in [-0.4, -0.2) is 37.9 Å². The van der Waals surface area contributed by atoms with Crippen molar-refractivity contribution in [2.45, 2.75) is 0 Å². The van der Waals surface area contributed by atoms with Crippen LogP contribution in [0.15, 0.2) is 0 Å². The Morgan fingerprint density at radius 2 is 1.16 bits per heavy atom. The summed E-state index contributed by atoms with van der Waals surface area (Å²) < 4.78 is 31.6. The van der Waals surface area contributed by atoms with E-state index in [4.69, 9.17) is 28.3 Å². The van der Waals surface area contributed by atoms with Crippen LogP contribution in [0.2, 0.25) is 0 Å². The van der Waals surface area contributed by atoms with E-state index in [2.05, 4.69) is 25.3 Å². The minimum absolute atomic E-state index is 0.468. The first-order valence-corrected chi connectivity index (χ1v) is 5.61. The highest BCUT2D eigenvalue weighted by atomic mass is 32.3. The van der Waals surface area contributed by atoms with Gasteiger partial charge in [0.05, 0.1) is 0 Å². The lowest BCUT2D eigenvalue weighted by molar-refractivity contribution is -0.524. The number of nitrogens with one attached hydrogen (secondary N) is 4. The summed E-state index contributed by atoms with van der Waals surface area (Å²) in [5.41, 5.74) is 2.95. The Morgan fingerprint density at radius 1 is 1.00 bits per heavy atom. The van der Waals surface area contributed by atoms with E-state index >= 15 is 0 Å². The van der Waals surface area contributed by atoms with E-state index in [1.54, 1.807) is 0 Å². The molecule has 0 fully saturated rings. The minimum atomic E-state index is -4.67. The van der Waals surface area contributed by atoms with Gasteiger partial charge in [-0.3, -0.25) is 19.9 Å². The summed E-state index contributed by atoms with van der Waals surface area (Å²) in [6, 6.07) is 0. The Kier molecular flexibility index (Phi) is 13.5. The van der Waals surface area contributed by atoms with Crippen LogP contribution < -0.4 is 10.9 Å². The fourth-order valence-electron chi connectivity index (χ4n) is 0.173. The normalized spacial score (nSPS) is 8.63. The van der Waals surface area contributed by atoms with Crippen LogP contribution in [0.3, 0.4) is 0 Å². The predicted octanol–water partition coefficient (Wildman–Crippen LogP) is -1.39. The molecule has 0 saturated heterocycles. The summed E-state index contributed by atoms with van der Waals surface area (Å²) >= 11 is 6.54. The zero-order valence-corrected chi connectivity index (χ0v) is 11.1. The number of nitro groups is 2. The van der Waals surface area contributed by atoms with Crippen LogP contribution >= 0.6 is 25.3 Å². The fourth-order valence-corrected chi connectivity index (χ4v) is 0.336. The van der Waals surface area contributed by atoms with E-state index in [-0.39, 0.29) is 0 Å². The van der Waals surface area contributed by atoms with Gasteiger partial charge in [-0.2, -0.15) is 8.42 Å². The molecule has 0 aliphatic rings. The van der Waals surface area contributed by atoms with Crippen molar-refractivity contribution in [1.29, 1.82) is 10.8 Å². The highest BCUT2D eigenvalue weighted by molar-refractivity contribution is 7.96. The summed E-state index contributed by atoms with van der Waals surface area (Å²) in [6.45, 7) is 0. The van der Waals surface area contributed by atoms with Gasteiger partial charge in [0.25, 0.3) is 0 Å². The van der Waals surface area contributed by atoms with Crippen molar-refractivity contribution in [3.05, 3.63) is 20.2 Å². The second kappa shape index (κ2) is 11.4. The lowest BCUT2D eigenvalue weighted by Gasteiger charge is -1.85. The van der Waals surface area contributed by atoms with Crippen molar-refractivity contribution in [1.82, 2.24) is 10.9 Å². The third-order valence-electron chi connectivity index (χ3n) is 0.394. The van der Waals surface area contributed by atoms with Gasteiger partial charge in [0.1, 0.15) is 0 Å². The molecule has 0 radical (unpaired) electrons. The second-order valence-electron chi connectivity index (χ2n) is 1.88. The SMILES string of the molecule is N=C(S)N[N+](=O)[O-].N=C(S)N[N+](=O)[O-].O=S(=O)(O)O. The molecular formula is C2H8N6O8S3. The molecule has 14 nitrogen and oxygen atoms in total. The van der Waals surface area contributed by atoms with Crippen molar-refractivity contribution in [3.8, 4) is 0 Å². The van der Waals surface area contributed by atoms with Gasteiger partial charge in [-0.15, -0.1) is 25.3 Å². The van der Waals surface area contributed by atoms with Gasteiger partial charge in [-0.1, -0.05) is 10.9 Å². The molecule has 17 heteroatoms. The fraction of sp³-hybridized carbons (Fsp3) is 0. The van der Waals surface area contributed by atoms with E-state index < -0.39 is 30.8 Å². The predicted molar refractivity (Wildman–Crippen MR) is 67.9 cm³/mol. The van der Waals surface area contributed by atoms with Crippen LogP contribution in [-0.2, 0) is 10.4 Å². The number of amidine groups is 2.